The molecule has 0 N–H and O–H groups in total. The van der Waals surface area contributed by atoms with Crippen LogP contribution in [0.15, 0.2) is 12.2 Å². The molecule has 0 aromatic heterocycles. The van der Waals surface area contributed by atoms with Crippen molar-refractivity contribution in [3.63, 3.8) is 0 Å². The van der Waals surface area contributed by atoms with Crippen LogP contribution in [0.3, 0.4) is 0 Å². The number of rotatable bonds is 27. The van der Waals surface area contributed by atoms with Crippen LogP contribution in [0.4, 0.5) is 0 Å². The standard InChI is InChI=1S/C33H66O/c1-6-7-8-9-10-11-12-13-14-15-16-17-18-19-20-21-29-34-30-28-33(5)27-23-26-32(4)25-22-24-31(2)3/h13-14,31-33H,6-12,15-30H2,1-5H3/b14-13+. The summed E-state index contributed by atoms with van der Waals surface area (Å²) in [7, 11) is 0. The van der Waals surface area contributed by atoms with Gasteiger partial charge in [-0.25, -0.2) is 0 Å². The Labute approximate surface area is 217 Å². The molecule has 34 heavy (non-hydrogen) atoms. The van der Waals surface area contributed by atoms with Gasteiger partial charge in [0.05, 0.1) is 0 Å². The summed E-state index contributed by atoms with van der Waals surface area (Å²) in [4.78, 5) is 0. The van der Waals surface area contributed by atoms with Crippen molar-refractivity contribution in [3.8, 4) is 0 Å². The van der Waals surface area contributed by atoms with Gasteiger partial charge in [0.25, 0.3) is 0 Å². The Balaban J connectivity index is 3.26. The molecular formula is C33H66O. The van der Waals surface area contributed by atoms with E-state index in [1.807, 2.05) is 0 Å². The average Bonchev–Trinajstić information content (AvgIpc) is 2.80. The van der Waals surface area contributed by atoms with E-state index in [1.54, 1.807) is 0 Å². The predicted molar refractivity (Wildman–Crippen MR) is 156 cm³/mol. The summed E-state index contributed by atoms with van der Waals surface area (Å²) in [5.41, 5.74) is 0. The summed E-state index contributed by atoms with van der Waals surface area (Å²) in [6.45, 7) is 13.8. The molecule has 204 valence electrons. The zero-order chi connectivity index (χ0) is 25.1. The molecule has 0 heterocycles. The average molecular weight is 479 g/mol. The minimum atomic E-state index is 0.822. The normalized spacial score (nSPS) is 13.8. The van der Waals surface area contributed by atoms with E-state index in [-0.39, 0.29) is 0 Å². The lowest BCUT2D eigenvalue weighted by atomic mass is 9.93. The van der Waals surface area contributed by atoms with Gasteiger partial charge in [0.15, 0.2) is 0 Å². The van der Waals surface area contributed by atoms with Crippen molar-refractivity contribution in [2.45, 2.75) is 169 Å². The maximum absolute atomic E-state index is 5.92. The summed E-state index contributed by atoms with van der Waals surface area (Å²) >= 11 is 0. The van der Waals surface area contributed by atoms with Gasteiger partial charge >= 0.3 is 0 Å². The highest BCUT2D eigenvalue weighted by Crippen LogP contribution is 2.20. The van der Waals surface area contributed by atoms with Crippen LogP contribution in [-0.2, 0) is 4.74 Å². The van der Waals surface area contributed by atoms with Crippen molar-refractivity contribution in [2.24, 2.45) is 17.8 Å². The summed E-state index contributed by atoms with van der Waals surface area (Å²) in [6, 6.07) is 0. The summed E-state index contributed by atoms with van der Waals surface area (Å²) < 4.78 is 5.92. The van der Waals surface area contributed by atoms with Gasteiger partial charge in [-0.2, -0.15) is 0 Å². The molecule has 0 bridgehead atoms. The second-order valence-electron chi connectivity index (χ2n) is 11.8. The second-order valence-corrected chi connectivity index (χ2v) is 11.8. The quantitative estimate of drug-likeness (QED) is 0.0842. The van der Waals surface area contributed by atoms with Gasteiger partial charge in [-0.3, -0.25) is 0 Å². The molecule has 2 atom stereocenters. The molecule has 0 rings (SSSR count). The van der Waals surface area contributed by atoms with Crippen molar-refractivity contribution >= 4 is 0 Å². The fourth-order valence-electron chi connectivity index (χ4n) is 4.82. The van der Waals surface area contributed by atoms with Crippen molar-refractivity contribution in [1.82, 2.24) is 0 Å². The van der Waals surface area contributed by atoms with Gasteiger partial charge in [-0.15, -0.1) is 0 Å². The highest BCUT2D eigenvalue weighted by molar-refractivity contribution is 4.81. The van der Waals surface area contributed by atoms with Crippen LogP contribution in [0.25, 0.3) is 0 Å². The van der Waals surface area contributed by atoms with Crippen molar-refractivity contribution in [3.05, 3.63) is 12.2 Å². The number of hydrogen-bond donors (Lipinski definition) is 0. The molecule has 0 saturated carbocycles. The summed E-state index contributed by atoms with van der Waals surface area (Å²) in [5.74, 6) is 2.60. The van der Waals surface area contributed by atoms with E-state index in [4.69, 9.17) is 4.74 Å². The Morgan fingerprint density at radius 3 is 1.50 bits per heavy atom. The third kappa shape index (κ3) is 27.9. The first-order chi connectivity index (χ1) is 16.6. The van der Waals surface area contributed by atoms with E-state index >= 15 is 0 Å². The lowest BCUT2D eigenvalue weighted by Gasteiger charge is -2.15. The first kappa shape index (κ1) is 33.7. The lowest BCUT2D eigenvalue weighted by molar-refractivity contribution is 0.116. The van der Waals surface area contributed by atoms with Crippen LogP contribution >= 0.6 is 0 Å². The van der Waals surface area contributed by atoms with Gasteiger partial charge < -0.3 is 4.74 Å². The number of hydrogen-bond acceptors (Lipinski definition) is 1. The van der Waals surface area contributed by atoms with Crippen LogP contribution in [0.5, 0.6) is 0 Å². The van der Waals surface area contributed by atoms with Gasteiger partial charge in [0, 0.05) is 13.2 Å². The monoisotopic (exact) mass is 479 g/mol. The van der Waals surface area contributed by atoms with E-state index in [0.29, 0.717) is 0 Å². The summed E-state index contributed by atoms with van der Waals surface area (Å²) in [5, 5.41) is 0. The summed E-state index contributed by atoms with van der Waals surface area (Å²) in [6.07, 6.45) is 33.7. The van der Waals surface area contributed by atoms with Crippen LogP contribution in [-0.4, -0.2) is 13.2 Å². The molecule has 0 aliphatic carbocycles. The molecule has 0 aromatic rings. The van der Waals surface area contributed by atoms with Crippen molar-refractivity contribution in [2.75, 3.05) is 13.2 Å². The highest BCUT2D eigenvalue weighted by Gasteiger charge is 2.06. The fraction of sp³-hybridized carbons (Fsp3) is 0.939. The van der Waals surface area contributed by atoms with E-state index in [0.717, 1.165) is 31.0 Å². The zero-order valence-electron chi connectivity index (χ0n) is 24.6. The topological polar surface area (TPSA) is 9.23 Å². The molecular weight excluding hydrogens is 412 g/mol. The first-order valence-corrected chi connectivity index (χ1v) is 15.8. The Kier molecular flexibility index (Phi) is 27.0. The molecule has 0 saturated heterocycles. The third-order valence-corrected chi connectivity index (χ3v) is 7.43. The maximum Gasteiger partial charge on any atom is 0.0468 e. The molecule has 0 aliphatic rings. The Morgan fingerprint density at radius 2 is 0.941 bits per heavy atom. The molecule has 0 aromatic carbocycles. The van der Waals surface area contributed by atoms with E-state index in [9.17, 15) is 0 Å². The van der Waals surface area contributed by atoms with E-state index in [1.165, 1.54) is 135 Å². The molecule has 0 aliphatic heterocycles. The number of ether oxygens (including phenoxy) is 1. The van der Waals surface area contributed by atoms with E-state index in [2.05, 4.69) is 46.8 Å². The maximum atomic E-state index is 5.92. The SMILES string of the molecule is CCCCCCCC/C=C/CCCCCCCCOCCC(C)CCCC(C)CCCC(C)C. The van der Waals surface area contributed by atoms with Gasteiger partial charge in [0.1, 0.15) is 0 Å². The van der Waals surface area contributed by atoms with Crippen LogP contribution in [0.2, 0.25) is 0 Å². The number of allylic oxidation sites excluding steroid dienone is 2. The number of unbranched alkanes of at least 4 members (excludes halogenated alkanes) is 12. The zero-order valence-corrected chi connectivity index (χ0v) is 24.6. The Hall–Kier alpha value is -0.300. The van der Waals surface area contributed by atoms with Crippen molar-refractivity contribution < 1.29 is 4.74 Å². The molecule has 0 radical (unpaired) electrons. The second kappa shape index (κ2) is 27.3. The Morgan fingerprint density at radius 1 is 0.471 bits per heavy atom. The van der Waals surface area contributed by atoms with Crippen LogP contribution < -0.4 is 0 Å². The fourth-order valence-corrected chi connectivity index (χ4v) is 4.82. The lowest BCUT2D eigenvalue weighted by Crippen LogP contribution is -2.04. The molecule has 1 nitrogen and oxygen atoms in total. The van der Waals surface area contributed by atoms with E-state index < -0.39 is 0 Å². The Bertz CT molecular complexity index is 399. The molecule has 2 unspecified atom stereocenters. The van der Waals surface area contributed by atoms with Gasteiger partial charge in [-0.05, 0) is 56.3 Å². The predicted octanol–water partition coefficient (Wildman–Crippen LogP) is 11.7. The molecule has 0 spiro atoms. The smallest absolute Gasteiger partial charge is 0.0468 e. The van der Waals surface area contributed by atoms with Crippen LogP contribution in [0, 0.1) is 17.8 Å². The molecule has 0 fully saturated rings. The largest absolute Gasteiger partial charge is 0.381 e. The molecule has 0 amide bonds. The molecule has 1 heteroatoms. The first-order valence-electron chi connectivity index (χ1n) is 15.8. The highest BCUT2D eigenvalue weighted by atomic mass is 16.5. The van der Waals surface area contributed by atoms with Gasteiger partial charge in [-0.1, -0.05) is 143 Å². The third-order valence-electron chi connectivity index (χ3n) is 7.43. The minimum Gasteiger partial charge on any atom is -0.381 e. The van der Waals surface area contributed by atoms with Crippen molar-refractivity contribution in [1.29, 1.82) is 0 Å². The van der Waals surface area contributed by atoms with Crippen LogP contribution in [0.1, 0.15) is 169 Å². The minimum absolute atomic E-state index is 0.822. The van der Waals surface area contributed by atoms with Gasteiger partial charge in [0.2, 0.25) is 0 Å².